The van der Waals surface area contributed by atoms with E-state index in [1.807, 2.05) is 40.3 Å². The van der Waals surface area contributed by atoms with Gasteiger partial charge < -0.3 is 25.0 Å². The zero-order valence-electron chi connectivity index (χ0n) is 21.7. The van der Waals surface area contributed by atoms with Crippen LogP contribution in [0.25, 0.3) is 22.3 Å². The van der Waals surface area contributed by atoms with Crippen molar-refractivity contribution in [3.63, 3.8) is 0 Å². The fourth-order valence-corrected chi connectivity index (χ4v) is 5.89. The molecule has 3 aromatic rings. The molecule has 0 bridgehead atoms. The molecule has 0 aromatic carbocycles. The highest BCUT2D eigenvalue weighted by Gasteiger charge is 2.32. The number of pyridine rings is 2. The van der Waals surface area contributed by atoms with E-state index in [2.05, 4.69) is 47.9 Å². The molecule has 2 aliphatic heterocycles. The van der Waals surface area contributed by atoms with Gasteiger partial charge in [0, 0.05) is 83.5 Å². The summed E-state index contributed by atoms with van der Waals surface area (Å²) in [6, 6.07) is 8.67. The molecule has 5 heterocycles. The predicted octanol–water partition coefficient (Wildman–Crippen LogP) is 3.38. The van der Waals surface area contributed by atoms with E-state index in [0.717, 1.165) is 41.2 Å². The number of carbonyl (C=O) groups excluding carboxylic acids is 2. The normalized spacial score (nSPS) is 24.9. The Kier molecular flexibility index (Phi) is 6.42. The number of hydrogen-bond acceptors (Lipinski definition) is 6. The van der Waals surface area contributed by atoms with Crippen LogP contribution >= 0.6 is 0 Å². The molecular formula is C27H39N7O2. The van der Waals surface area contributed by atoms with Gasteiger partial charge in [-0.3, -0.25) is 9.59 Å². The van der Waals surface area contributed by atoms with Crippen LogP contribution in [0, 0.1) is 0 Å². The molecule has 194 valence electrons. The number of piperazine rings is 2. The van der Waals surface area contributed by atoms with Gasteiger partial charge in [0.05, 0.1) is 11.3 Å². The van der Waals surface area contributed by atoms with E-state index in [1.165, 1.54) is 0 Å². The van der Waals surface area contributed by atoms with Gasteiger partial charge >= 0.3 is 0 Å². The second-order valence-corrected chi connectivity index (χ2v) is 10.4. The first kappa shape index (κ1) is 24.2. The van der Waals surface area contributed by atoms with Gasteiger partial charge in [-0.25, -0.2) is 9.97 Å². The number of nitrogens with zero attached hydrogens (tertiary/aromatic N) is 5. The Bertz CT molecular complexity index is 1280. The maximum atomic E-state index is 13.3. The fraction of sp³-hybridized carbons (Fsp3) is 0.481. The Morgan fingerprint density at radius 3 is 2.39 bits per heavy atom. The number of aromatic amines is 1. The Balaban J connectivity index is 0.00000200. The third kappa shape index (κ3) is 4.55. The standard InChI is InChI=1S/C27H35N7O2.2H2/c1-16-12-33(13-17(2)30-16)27(36)21-9-22-23(11-29-26(22)28-10-21)24-7-6-8-25(31-24)32-14-18(3)34(20(5)35)19(4)15-32;;/h6-11,16-19,30H,12-15H2,1-5H3,(H,28,29);2*1H/t16-,17+,18-,19+;;. The molecule has 0 saturated carbocycles. The molecule has 36 heavy (non-hydrogen) atoms. The van der Waals surface area contributed by atoms with E-state index in [1.54, 1.807) is 13.1 Å². The molecule has 0 unspecified atom stereocenters. The molecule has 0 spiro atoms. The van der Waals surface area contributed by atoms with Crippen LogP contribution in [0.2, 0.25) is 0 Å². The van der Waals surface area contributed by atoms with Gasteiger partial charge in [-0.2, -0.15) is 0 Å². The molecule has 9 nitrogen and oxygen atoms in total. The molecule has 0 aliphatic carbocycles. The minimum atomic E-state index is 0. The third-order valence-electron chi connectivity index (χ3n) is 7.24. The smallest absolute Gasteiger partial charge is 0.255 e. The number of anilines is 1. The van der Waals surface area contributed by atoms with Gasteiger partial charge in [0.25, 0.3) is 5.91 Å². The Labute approximate surface area is 214 Å². The van der Waals surface area contributed by atoms with E-state index >= 15 is 0 Å². The minimum absolute atomic E-state index is 0. The largest absolute Gasteiger partial charge is 0.352 e. The summed E-state index contributed by atoms with van der Waals surface area (Å²) in [5.41, 5.74) is 3.06. The number of carbonyl (C=O) groups is 2. The van der Waals surface area contributed by atoms with Crippen molar-refractivity contribution in [2.45, 2.75) is 58.8 Å². The van der Waals surface area contributed by atoms with E-state index in [-0.39, 0.29) is 38.8 Å². The first-order chi connectivity index (χ1) is 17.2. The van der Waals surface area contributed by atoms with Crippen LogP contribution in [0.4, 0.5) is 5.82 Å². The van der Waals surface area contributed by atoms with Crippen LogP contribution in [0.5, 0.6) is 0 Å². The van der Waals surface area contributed by atoms with E-state index < -0.39 is 0 Å². The third-order valence-corrected chi connectivity index (χ3v) is 7.24. The molecule has 9 heteroatoms. The SMILES string of the molecule is CC(=O)N1[C@H](C)CN(c2cccc(-c3c[nH]c4ncc(C(=O)N5C[C@@H](C)N[C@@H](C)C5)cc34)n2)C[C@@H]1C.[HH].[HH]. The highest BCUT2D eigenvalue weighted by molar-refractivity contribution is 6.00. The first-order valence-corrected chi connectivity index (χ1v) is 12.7. The van der Waals surface area contributed by atoms with E-state index in [4.69, 9.17) is 4.98 Å². The molecule has 2 aliphatic rings. The monoisotopic (exact) mass is 493 g/mol. The lowest BCUT2D eigenvalue weighted by Crippen LogP contribution is -2.58. The van der Waals surface area contributed by atoms with Gasteiger partial charge in [0.2, 0.25) is 5.91 Å². The molecule has 4 atom stereocenters. The Hall–Kier alpha value is -3.46. The second kappa shape index (κ2) is 9.54. The maximum Gasteiger partial charge on any atom is 0.255 e. The summed E-state index contributed by atoms with van der Waals surface area (Å²) in [4.78, 5) is 44.2. The minimum Gasteiger partial charge on any atom is -0.352 e. The van der Waals surface area contributed by atoms with Crippen molar-refractivity contribution < 1.29 is 12.4 Å². The average Bonchev–Trinajstić information content (AvgIpc) is 3.25. The lowest BCUT2D eigenvalue weighted by molar-refractivity contribution is -0.133. The summed E-state index contributed by atoms with van der Waals surface area (Å²) in [6.45, 7) is 12.8. The summed E-state index contributed by atoms with van der Waals surface area (Å²) in [6.07, 6.45) is 3.56. The molecule has 0 radical (unpaired) electrons. The van der Waals surface area contributed by atoms with E-state index in [0.29, 0.717) is 18.7 Å². The zero-order chi connectivity index (χ0) is 25.6. The Morgan fingerprint density at radius 1 is 1.03 bits per heavy atom. The zero-order valence-corrected chi connectivity index (χ0v) is 21.7. The summed E-state index contributed by atoms with van der Waals surface area (Å²) < 4.78 is 0. The van der Waals surface area contributed by atoms with Crippen molar-refractivity contribution in [3.05, 3.63) is 42.2 Å². The first-order valence-electron chi connectivity index (χ1n) is 12.7. The summed E-state index contributed by atoms with van der Waals surface area (Å²) >= 11 is 0. The highest BCUT2D eigenvalue weighted by atomic mass is 16.2. The van der Waals surface area contributed by atoms with Gasteiger partial charge in [-0.1, -0.05) is 6.07 Å². The topological polar surface area (TPSA) is 97.5 Å². The number of nitrogens with one attached hydrogen (secondary N) is 2. The van der Waals surface area contributed by atoms with Crippen LogP contribution in [0.1, 0.15) is 47.8 Å². The van der Waals surface area contributed by atoms with Crippen molar-refractivity contribution in [1.82, 2.24) is 30.1 Å². The fourth-order valence-electron chi connectivity index (χ4n) is 5.89. The number of H-pyrrole nitrogens is 1. The second-order valence-electron chi connectivity index (χ2n) is 10.4. The number of hydrogen-bond donors (Lipinski definition) is 2. The molecule has 2 amide bonds. The van der Waals surface area contributed by atoms with Crippen molar-refractivity contribution in [3.8, 4) is 11.3 Å². The van der Waals surface area contributed by atoms with Crippen molar-refractivity contribution in [2.24, 2.45) is 0 Å². The average molecular weight is 494 g/mol. The van der Waals surface area contributed by atoms with Crippen molar-refractivity contribution in [2.75, 3.05) is 31.1 Å². The number of rotatable bonds is 3. The highest BCUT2D eigenvalue weighted by Crippen LogP contribution is 2.30. The molecular weight excluding hydrogens is 454 g/mol. The van der Waals surface area contributed by atoms with Crippen molar-refractivity contribution >= 4 is 28.7 Å². The molecule has 5 rings (SSSR count). The molecule has 2 fully saturated rings. The van der Waals surface area contributed by atoms with Crippen LogP contribution < -0.4 is 10.2 Å². The lowest BCUT2D eigenvalue weighted by Gasteiger charge is -2.44. The Morgan fingerprint density at radius 2 is 1.72 bits per heavy atom. The van der Waals surface area contributed by atoms with Crippen LogP contribution in [0.3, 0.4) is 0 Å². The summed E-state index contributed by atoms with van der Waals surface area (Å²) in [7, 11) is 0. The summed E-state index contributed by atoms with van der Waals surface area (Å²) in [5, 5.41) is 4.35. The van der Waals surface area contributed by atoms with Crippen molar-refractivity contribution in [1.29, 1.82) is 0 Å². The molecule has 3 aromatic heterocycles. The quantitative estimate of drug-likeness (QED) is 0.581. The van der Waals surface area contributed by atoms with Crippen LogP contribution in [0.15, 0.2) is 36.7 Å². The van der Waals surface area contributed by atoms with E-state index in [9.17, 15) is 9.59 Å². The predicted molar refractivity (Wildman–Crippen MR) is 145 cm³/mol. The van der Waals surface area contributed by atoms with Gasteiger partial charge in [-0.15, -0.1) is 0 Å². The number of fused-ring (bicyclic) bond motifs is 1. The number of aromatic nitrogens is 3. The van der Waals surface area contributed by atoms with Gasteiger partial charge in [-0.05, 0) is 45.9 Å². The van der Waals surface area contributed by atoms with Crippen LogP contribution in [-0.2, 0) is 4.79 Å². The summed E-state index contributed by atoms with van der Waals surface area (Å²) in [5.74, 6) is 0.996. The molecule has 2 saturated heterocycles. The van der Waals surface area contributed by atoms with Gasteiger partial charge in [0.1, 0.15) is 11.5 Å². The maximum absolute atomic E-state index is 13.3. The molecule has 2 N–H and O–H groups in total. The van der Waals surface area contributed by atoms with Crippen LogP contribution in [-0.4, -0.2) is 86.9 Å². The lowest BCUT2D eigenvalue weighted by atomic mass is 10.1. The van der Waals surface area contributed by atoms with Gasteiger partial charge in [0.15, 0.2) is 0 Å². The number of amides is 2.